The lowest BCUT2D eigenvalue weighted by molar-refractivity contribution is -0.141. The second kappa shape index (κ2) is 4.01. The van der Waals surface area contributed by atoms with Crippen LogP contribution in [0, 0.1) is 0 Å². The van der Waals surface area contributed by atoms with Crippen LogP contribution in [-0.2, 0) is 10.9 Å². The number of ether oxygens (including phenoxy) is 1. The normalized spacial score (nSPS) is 15.8. The summed E-state index contributed by atoms with van der Waals surface area (Å²) in [5.74, 6) is -0.736. The molecule has 0 N–H and O–H groups in total. The first-order chi connectivity index (χ1) is 7.91. The van der Waals surface area contributed by atoms with E-state index in [0.717, 1.165) is 26.0 Å². The van der Waals surface area contributed by atoms with E-state index in [2.05, 4.69) is 9.72 Å². The molecule has 1 fully saturated rings. The van der Waals surface area contributed by atoms with Crippen molar-refractivity contribution in [1.29, 1.82) is 0 Å². The van der Waals surface area contributed by atoms with E-state index in [0.29, 0.717) is 5.56 Å². The average molecular weight is 245 g/mol. The third kappa shape index (κ3) is 2.57. The van der Waals surface area contributed by atoms with E-state index in [-0.39, 0.29) is 11.6 Å². The van der Waals surface area contributed by atoms with Gasteiger partial charge in [0.05, 0.1) is 7.11 Å². The lowest BCUT2D eigenvalue weighted by atomic mass is 10.1. The van der Waals surface area contributed by atoms with Crippen LogP contribution in [0.2, 0.25) is 0 Å². The molecule has 6 heteroatoms. The van der Waals surface area contributed by atoms with Crippen LogP contribution in [0.1, 0.15) is 40.5 Å². The second-order valence-corrected chi connectivity index (χ2v) is 3.93. The van der Waals surface area contributed by atoms with Gasteiger partial charge in [-0.2, -0.15) is 13.2 Å². The Hall–Kier alpha value is -1.59. The summed E-state index contributed by atoms with van der Waals surface area (Å²) >= 11 is 0. The highest BCUT2D eigenvalue weighted by Gasteiger charge is 2.35. The van der Waals surface area contributed by atoms with Crippen molar-refractivity contribution < 1.29 is 22.7 Å². The van der Waals surface area contributed by atoms with E-state index >= 15 is 0 Å². The number of alkyl halides is 3. The number of carbonyl (C=O) groups excluding carboxylic acids is 1. The topological polar surface area (TPSA) is 39.2 Å². The maximum absolute atomic E-state index is 12.6. The molecule has 1 aromatic heterocycles. The summed E-state index contributed by atoms with van der Waals surface area (Å²) in [4.78, 5) is 14.5. The molecule has 1 saturated carbocycles. The maximum Gasteiger partial charge on any atom is 0.433 e. The molecule has 0 amide bonds. The Bertz CT molecular complexity index is 453. The molecule has 2 rings (SSSR count). The van der Waals surface area contributed by atoms with Crippen LogP contribution in [0.25, 0.3) is 0 Å². The minimum Gasteiger partial charge on any atom is -0.464 e. The molecule has 3 nitrogen and oxygen atoms in total. The molecule has 0 spiro atoms. The molecule has 0 atom stereocenters. The predicted octanol–water partition coefficient (Wildman–Crippen LogP) is 2.76. The Balaban J connectivity index is 2.46. The van der Waals surface area contributed by atoms with Gasteiger partial charge in [0.1, 0.15) is 11.4 Å². The SMILES string of the molecule is COC(=O)c1cc(C2CC2)cc(C(F)(F)F)n1. The lowest BCUT2D eigenvalue weighted by Crippen LogP contribution is -2.13. The van der Waals surface area contributed by atoms with Gasteiger partial charge in [-0.1, -0.05) is 0 Å². The molecule has 17 heavy (non-hydrogen) atoms. The highest BCUT2D eigenvalue weighted by molar-refractivity contribution is 5.87. The highest BCUT2D eigenvalue weighted by Crippen LogP contribution is 2.41. The van der Waals surface area contributed by atoms with Crippen molar-refractivity contribution in [3.63, 3.8) is 0 Å². The van der Waals surface area contributed by atoms with Crippen molar-refractivity contribution >= 4 is 5.97 Å². The molecule has 1 aliphatic carbocycles. The first kappa shape index (κ1) is 11.9. The molecule has 1 aromatic rings. The second-order valence-electron chi connectivity index (χ2n) is 3.93. The Labute approximate surface area is 95.6 Å². The van der Waals surface area contributed by atoms with Gasteiger partial charge in [0.25, 0.3) is 0 Å². The summed E-state index contributed by atoms with van der Waals surface area (Å²) in [5, 5.41) is 0. The van der Waals surface area contributed by atoms with Crippen molar-refractivity contribution in [3.05, 3.63) is 29.1 Å². The van der Waals surface area contributed by atoms with Crippen LogP contribution in [0.15, 0.2) is 12.1 Å². The summed E-state index contributed by atoms with van der Waals surface area (Å²) in [6, 6.07) is 2.38. The van der Waals surface area contributed by atoms with Gasteiger partial charge in [-0.25, -0.2) is 9.78 Å². The monoisotopic (exact) mass is 245 g/mol. The minimum atomic E-state index is -4.55. The number of carbonyl (C=O) groups is 1. The summed E-state index contributed by atoms with van der Waals surface area (Å²) in [6.07, 6.45) is -2.85. The van der Waals surface area contributed by atoms with E-state index in [4.69, 9.17) is 0 Å². The maximum atomic E-state index is 12.6. The van der Waals surface area contributed by atoms with E-state index in [1.807, 2.05) is 0 Å². The molecule has 0 bridgehead atoms. The molecule has 1 heterocycles. The van der Waals surface area contributed by atoms with Crippen molar-refractivity contribution in [2.24, 2.45) is 0 Å². The van der Waals surface area contributed by atoms with Gasteiger partial charge < -0.3 is 4.74 Å². The summed E-state index contributed by atoms with van der Waals surface area (Å²) < 4.78 is 42.1. The smallest absolute Gasteiger partial charge is 0.433 e. The zero-order chi connectivity index (χ0) is 12.6. The van der Waals surface area contributed by atoms with Gasteiger partial charge in [0.2, 0.25) is 0 Å². The molecular formula is C11H10F3NO2. The quantitative estimate of drug-likeness (QED) is 0.752. The van der Waals surface area contributed by atoms with Crippen LogP contribution >= 0.6 is 0 Å². The molecule has 92 valence electrons. The number of nitrogens with zero attached hydrogens (tertiary/aromatic N) is 1. The van der Waals surface area contributed by atoms with E-state index in [9.17, 15) is 18.0 Å². The van der Waals surface area contributed by atoms with Crippen molar-refractivity contribution in [1.82, 2.24) is 4.98 Å². The molecule has 0 aromatic carbocycles. The number of rotatable bonds is 2. The zero-order valence-corrected chi connectivity index (χ0v) is 9.04. The Morgan fingerprint density at radius 1 is 1.41 bits per heavy atom. The van der Waals surface area contributed by atoms with E-state index in [1.54, 1.807) is 0 Å². The fourth-order valence-electron chi connectivity index (χ4n) is 1.56. The van der Waals surface area contributed by atoms with Crippen LogP contribution in [0.5, 0.6) is 0 Å². The third-order valence-electron chi connectivity index (χ3n) is 2.58. The van der Waals surface area contributed by atoms with Crippen molar-refractivity contribution in [2.45, 2.75) is 24.9 Å². The molecule has 0 aliphatic heterocycles. The van der Waals surface area contributed by atoms with Crippen molar-refractivity contribution in [3.8, 4) is 0 Å². The first-order valence-electron chi connectivity index (χ1n) is 5.09. The minimum absolute atomic E-state index is 0.113. The molecule has 0 unspecified atom stereocenters. The number of esters is 1. The fourth-order valence-corrected chi connectivity index (χ4v) is 1.56. The van der Waals surface area contributed by atoms with Crippen molar-refractivity contribution in [2.75, 3.05) is 7.11 Å². The average Bonchev–Trinajstić information content (AvgIpc) is 3.10. The summed E-state index contributed by atoms with van der Waals surface area (Å²) in [6.45, 7) is 0. The third-order valence-corrected chi connectivity index (χ3v) is 2.58. The fraction of sp³-hybridized carbons (Fsp3) is 0.455. The number of hydrogen-bond donors (Lipinski definition) is 0. The van der Waals surface area contributed by atoms with Crippen LogP contribution in [0.3, 0.4) is 0 Å². The predicted molar refractivity (Wildman–Crippen MR) is 52.6 cm³/mol. The van der Waals surface area contributed by atoms with E-state index < -0.39 is 17.8 Å². The Morgan fingerprint density at radius 2 is 2.06 bits per heavy atom. The lowest BCUT2D eigenvalue weighted by Gasteiger charge is -2.09. The number of methoxy groups -OCH3 is 1. The highest BCUT2D eigenvalue weighted by atomic mass is 19.4. The molecule has 0 radical (unpaired) electrons. The van der Waals surface area contributed by atoms with Gasteiger partial charge in [0, 0.05) is 0 Å². The number of halogens is 3. The first-order valence-corrected chi connectivity index (χ1v) is 5.09. The number of pyridine rings is 1. The molecular weight excluding hydrogens is 235 g/mol. The van der Waals surface area contributed by atoms with Gasteiger partial charge in [-0.15, -0.1) is 0 Å². The largest absolute Gasteiger partial charge is 0.464 e. The Morgan fingerprint density at radius 3 is 2.53 bits per heavy atom. The van der Waals surface area contributed by atoms with Gasteiger partial charge in [-0.05, 0) is 36.5 Å². The summed E-state index contributed by atoms with van der Waals surface area (Å²) in [5.41, 5.74) is -0.820. The van der Waals surface area contributed by atoms with E-state index in [1.165, 1.54) is 6.07 Å². The summed E-state index contributed by atoms with van der Waals surface area (Å²) in [7, 11) is 1.11. The van der Waals surface area contributed by atoms with Crippen LogP contribution < -0.4 is 0 Å². The zero-order valence-electron chi connectivity index (χ0n) is 9.04. The van der Waals surface area contributed by atoms with Crippen LogP contribution in [-0.4, -0.2) is 18.1 Å². The number of hydrogen-bond acceptors (Lipinski definition) is 3. The molecule has 0 saturated heterocycles. The van der Waals surface area contributed by atoms with Gasteiger partial charge >= 0.3 is 12.1 Å². The molecule has 1 aliphatic rings. The van der Waals surface area contributed by atoms with Gasteiger partial charge in [-0.3, -0.25) is 0 Å². The Kier molecular flexibility index (Phi) is 2.81. The van der Waals surface area contributed by atoms with Crippen LogP contribution in [0.4, 0.5) is 13.2 Å². The number of aromatic nitrogens is 1. The van der Waals surface area contributed by atoms with Gasteiger partial charge in [0.15, 0.2) is 0 Å². The standard InChI is InChI=1S/C11H10F3NO2/c1-17-10(16)8-4-7(6-2-3-6)5-9(15-8)11(12,13)14/h4-6H,2-3H2,1H3.